The van der Waals surface area contributed by atoms with E-state index in [4.69, 9.17) is 16.7 Å². The van der Waals surface area contributed by atoms with E-state index in [9.17, 15) is 9.59 Å². The van der Waals surface area contributed by atoms with Gasteiger partial charge in [-0.1, -0.05) is 17.7 Å². The van der Waals surface area contributed by atoms with Crippen LogP contribution in [0.3, 0.4) is 0 Å². The van der Waals surface area contributed by atoms with Crippen molar-refractivity contribution in [2.75, 3.05) is 11.6 Å². The molecule has 0 aromatic heterocycles. The zero-order valence-electron chi connectivity index (χ0n) is 9.72. The third-order valence-electron chi connectivity index (χ3n) is 2.86. The van der Waals surface area contributed by atoms with E-state index in [1.54, 1.807) is 18.2 Å². The lowest BCUT2D eigenvalue weighted by molar-refractivity contribution is -0.140. The highest BCUT2D eigenvalue weighted by Gasteiger charge is 2.35. The molecule has 6 heteroatoms. The van der Waals surface area contributed by atoms with Gasteiger partial charge in [0.15, 0.2) is 0 Å². The summed E-state index contributed by atoms with van der Waals surface area (Å²) in [6, 6.07) is 4.30. The van der Waals surface area contributed by atoms with Gasteiger partial charge in [-0.25, -0.2) is 4.79 Å². The largest absolute Gasteiger partial charge is 0.480 e. The highest BCUT2D eigenvalue weighted by molar-refractivity contribution is 7.99. The van der Waals surface area contributed by atoms with Crippen LogP contribution in [0.25, 0.3) is 0 Å². The Labute approximate surface area is 114 Å². The first-order valence-electron chi connectivity index (χ1n) is 5.38. The molecular formula is C12H12ClNO3S. The van der Waals surface area contributed by atoms with Crippen LogP contribution in [0.5, 0.6) is 0 Å². The molecule has 2 rings (SSSR count). The number of carbonyl (C=O) groups excluding carboxylic acids is 1. The predicted molar refractivity (Wildman–Crippen MR) is 71.1 cm³/mol. The second-order valence-electron chi connectivity index (χ2n) is 4.09. The number of thioether (sulfide) groups is 1. The molecule has 0 aliphatic carbocycles. The second kappa shape index (κ2) is 5.20. The van der Waals surface area contributed by atoms with E-state index < -0.39 is 12.0 Å². The van der Waals surface area contributed by atoms with Gasteiger partial charge < -0.3 is 10.0 Å². The Balaban J connectivity index is 2.31. The topological polar surface area (TPSA) is 57.6 Å². The van der Waals surface area contributed by atoms with Gasteiger partial charge in [-0.3, -0.25) is 4.79 Å². The van der Waals surface area contributed by atoms with Gasteiger partial charge >= 0.3 is 5.97 Å². The number of halogens is 1. The Morgan fingerprint density at radius 2 is 2.22 bits per heavy atom. The first-order chi connectivity index (χ1) is 8.50. The number of carboxylic acids is 1. The average molecular weight is 286 g/mol. The molecule has 0 unspecified atom stereocenters. The summed E-state index contributed by atoms with van der Waals surface area (Å²) in [7, 11) is 0. The molecule has 0 saturated carbocycles. The summed E-state index contributed by atoms with van der Waals surface area (Å²) in [5, 5.41) is 9.54. The zero-order chi connectivity index (χ0) is 13.3. The standard InChI is InChI=1S/C12H12ClNO3S/c1-7-2-3-8(13)4-9(7)11(15)14-6-18-5-10(14)12(16)17/h2-4,10H,5-6H2,1H3,(H,16,17)/t10-/m0/s1. The maximum Gasteiger partial charge on any atom is 0.327 e. The van der Waals surface area contributed by atoms with E-state index in [-0.39, 0.29) is 5.91 Å². The van der Waals surface area contributed by atoms with Crippen LogP contribution in [0.1, 0.15) is 15.9 Å². The lowest BCUT2D eigenvalue weighted by atomic mass is 10.1. The van der Waals surface area contributed by atoms with Crippen molar-refractivity contribution in [1.29, 1.82) is 0 Å². The minimum Gasteiger partial charge on any atom is -0.480 e. The molecule has 1 N–H and O–H groups in total. The number of aliphatic carboxylic acids is 1. The second-order valence-corrected chi connectivity index (χ2v) is 5.52. The summed E-state index contributed by atoms with van der Waals surface area (Å²) in [5.74, 6) is -0.400. The van der Waals surface area contributed by atoms with Gasteiger partial charge in [-0.05, 0) is 24.6 Å². The highest BCUT2D eigenvalue weighted by Crippen LogP contribution is 2.25. The molecule has 0 bridgehead atoms. The van der Waals surface area contributed by atoms with E-state index in [2.05, 4.69) is 0 Å². The third kappa shape index (κ3) is 2.47. The molecule has 1 fully saturated rings. The fraction of sp³-hybridized carbons (Fsp3) is 0.333. The fourth-order valence-electron chi connectivity index (χ4n) is 1.83. The van der Waals surface area contributed by atoms with Gasteiger partial charge in [0.25, 0.3) is 5.91 Å². The number of rotatable bonds is 2. The number of amides is 1. The number of hydrogen-bond donors (Lipinski definition) is 1. The molecule has 1 heterocycles. The van der Waals surface area contributed by atoms with Gasteiger partial charge in [-0.2, -0.15) is 0 Å². The highest BCUT2D eigenvalue weighted by atomic mass is 35.5. The van der Waals surface area contributed by atoms with Crippen molar-refractivity contribution in [2.45, 2.75) is 13.0 Å². The van der Waals surface area contributed by atoms with Crippen LogP contribution in [-0.4, -0.2) is 39.6 Å². The first-order valence-corrected chi connectivity index (χ1v) is 6.91. The predicted octanol–water partition coefficient (Wildman–Crippen LogP) is 2.25. The number of benzene rings is 1. The molecule has 1 atom stereocenters. The van der Waals surface area contributed by atoms with E-state index >= 15 is 0 Å². The molecule has 18 heavy (non-hydrogen) atoms. The van der Waals surface area contributed by atoms with Gasteiger partial charge in [0, 0.05) is 16.3 Å². The Hall–Kier alpha value is -1.20. The fourth-order valence-corrected chi connectivity index (χ4v) is 3.14. The summed E-state index contributed by atoms with van der Waals surface area (Å²) in [5.41, 5.74) is 1.27. The summed E-state index contributed by atoms with van der Waals surface area (Å²) < 4.78 is 0. The van der Waals surface area contributed by atoms with E-state index in [0.717, 1.165) is 5.56 Å². The number of hydrogen-bond acceptors (Lipinski definition) is 3. The maximum atomic E-state index is 12.3. The average Bonchev–Trinajstić information content (AvgIpc) is 2.80. The molecule has 0 radical (unpaired) electrons. The summed E-state index contributed by atoms with van der Waals surface area (Å²) in [6.45, 7) is 1.81. The number of nitrogens with zero attached hydrogens (tertiary/aromatic N) is 1. The van der Waals surface area contributed by atoms with Crippen molar-refractivity contribution in [3.05, 3.63) is 34.3 Å². The lowest BCUT2D eigenvalue weighted by Gasteiger charge is -2.21. The molecule has 1 aliphatic rings. The van der Waals surface area contributed by atoms with Crippen LogP contribution in [-0.2, 0) is 4.79 Å². The summed E-state index contributed by atoms with van der Waals surface area (Å²) in [6.07, 6.45) is 0. The molecule has 96 valence electrons. The number of carbonyl (C=O) groups is 2. The van der Waals surface area contributed by atoms with Crippen LogP contribution < -0.4 is 0 Å². The Morgan fingerprint density at radius 1 is 1.50 bits per heavy atom. The van der Waals surface area contributed by atoms with Crippen LogP contribution in [0, 0.1) is 6.92 Å². The summed E-state index contributed by atoms with van der Waals surface area (Å²) >= 11 is 7.32. The van der Waals surface area contributed by atoms with Crippen molar-refractivity contribution < 1.29 is 14.7 Å². The Morgan fingerprint density at radius 3 is 2.89 bits per heavy atom. The monoisotopic (exact) mass is 285 g/mol. The van der Waals surface area contributed by atoms with E-state index in [0.29, 0.717) is 22.2 Å². The minimum absolute atomic E-state index is 0.271. The molecule has 1 aromatic rings. The van der Waals surface area contributed by atoms with E-state index in [1.165, 1.54) is 16.7 Å². The van der Waals surface area contributed by atoms with Crippen LogP contribution in [0.15, 0.2) is 18.2 Å². The number of aryl methyl sites for hydroxylation is 1. The van der Waals surface area contributed by atoms with Crippen molar-refractivity contribution >= 4 is 35.2 Å². The van der Waals surface area contributed by atoms with Crippen molar-refractivity contribution in [1.82, 2.24) is 4.90 Å². The van der Waals surface area contributed by atoms with E-state index in [1.807, 2.05) is 6.92 Å². The molecule has 1 amide bonds. The van der Waals surface area contributed by atoms with Crippen molar-refractivity contribution in [3.8, 4) is 0 Å². The zero-order valence-corrected chi connectivity index (χ0v) is 11.3. The van der Waals surface area contributed by atoms with Gasteiger partial charge in [0.05, 0.1) is 5.88 Å². The minimum atomic E-state index is -0.965. The number of carboxylic acid groups (broad SMARTS) is 1. The first kappa shape index (κ1) is 13.2. The Kier molecular flexibility index (Phi) is 3.82. The van der Waals surface area contributed by atoms with Crippen LogP contribution >= 0.6 is 23.4 Å². The quantitative estimate of drug-likeness (QED) is 0.905. The van der Waals surface area contributed by atoms with Crippen molar-refractivity contribution in [2.24, 2.45) is 0 Å². The smallest absolute Gasteiger partial charge is 0.327 e. The van der Waals surface area contributed by atoms with Crippen LogP contribution in [0.2, 0.25) is 5.02 Å². The maximum absolute atomic E-state index is 12.3. The molecule has 1 aliphatic heterocycles. The van der Waals surface area contributed by atoms with Gasteiger partial charge in [0.1, 0.15) is 6.04 Å². The Bertz CT molecular complexity index is 506. The summed E-state index contributed by atoms with van der Waals surface area (Å²) in [4.78, 5) is 24.8. The third-order valence-corrected chi connectivity index (χ3v) is 4.11. The molecule has 1 saturated heterocycles. The lowest BCUT2D eigenvalue weighted by Crippen LogP contribution is -2.42. The molecular weight excluding hydrogens is 274 g/mol. The van der Waals surface area contributed by atoms with Gasteiger partial charge in [-0.15, -0.1) is 11.8 Å². The molecule has 4 nitrogen and oxygen atoms in total. The normalized spacial score (nSPS) is 19.0. The van der Waals surface area contributed by atoms with Gasteiger partial charge in [0.2, 0.25) is 0 Å². The van der Waals surface area contributed by atoms with Crippen LogP contribution in [0.4, 0.5) is 0 Å². The SMILES string of the molecule is Cc1ccc(Cl)cc1C(=O)N1CSC[C@H]1C(=O)O. The van der Waals surface area contributed by atoms with Crippen molar-refractivity contribution in [3.63, 3.8) is 0 Å². The molecule has 1 aromatic carbocycles. The molecule has 0 spiro atoms.